The van der Waals surface area contributed by atoms with Gasteiger partial charge in [0.15, 0.2) is 0 Å². The van der Waals surface area contributed by atoms with Crippen LogP contribution in [0.3, 0.4) is 0 Å². The van der Waals surface area contributed by atoms with Gasteiger partial charge in [0, 0.05) is 19.6 Å². The Morgan fingerprint density at radius 1 is 1.15 bits per heavy atom. The predicted molar refractivity (Wildman–Crippen MR) is 83.7 cm³/mol. The average molecular weight is 271 g/mol. The number of rotatable bonds is 6. The fourth-order valence-corrected chi connectivity index (χ4v) is 2.33. The van der Waals surface area contributed by atoms with Gasteiger partial charge in [-0.25, -0.2) is 0 Å². The van der Waals surface area contributed by atoms with E-state index in [0.717, 1.165) is 25.1 Å². The zero-order valence-electron chi connectivity index (χ0n) is 13.0. The third-order valence-electron chi connectivity index (χ3n) is 3.87. The molecule has 0 aliphatic rings. The molecule has 2 aromatic rings. The third kappa shape index (κ3) is 3.48. The van der Waals surface area contributed by atoms with Crippen LogP contribution in [0.1, 0.15) is 49.3 Å². The minimum absolute atomic E-state index is 0.348. The topological polar surface area (TPSA) is 29.9 Å². The molecular formula is C17H25N3. The van der Waals surface area contributed by atoms with Crippen LogP contribution in [0.2, 0.25) is 0 Å². The number of aromatic nitrogens is 2. The Balaban J connectivity index is 1.96. The first-order valence-electron chi connectivity index (χ1n) is 7.48. The van der Waals surface area contributed by atoms with Crippen LogP contribution >= 0.6 is 0 Å². The summed E-state index contributed by atoms with van der Waals surface area (Å²) in [7, 11) is 2.01. The van der Waals surface area contributed by atoms with E-state index in [0.29, 0.717) is 6.04 Å². The van der Waals surface area contributed by atoms with E-state index >= 15 is 0 Å². The number of nitrogens with one attached hydrogen (secondary N) is 1. The van der Waals surface area contributed by atoms with Crippen LogP contribution < -0.4 is 5.32 Å². The van der Waals surface area contributed by atoms with E-state index < -0.39 is 0 Å². The highest BCUT2D eigenvalue weighted by molar-refractivity contribution is 5.24. The highest BCUT2D eigenvalue weighted by atomic mass is 15.3. The van der Waals surface area contributed by atoms with Crippen molar-refractivity contribution in [2.45, 2.75) is 46.2 Å². The average Bonchev–Trinajstić information content (AvgIpc) is 2.85. The number of hydrogen-bond donors (Lipinski definition) is 1. The molecular weight excluding hydrogens is 246 g/mol. The highest BCUT2D eigenvalue weighted by Gasteiger charge is 2.08. The molecule has 0 radical (unpaired) electrons. The lowest BCUT2D eigenvalue weighted by atomic mass is 10.0. The summed E-state index contributed by atoms with van der Waals surface area (Å²) in [6, 6.07) is 11.4. The fraction of sp³-hybridized carbons (Fsp3) is 0.471. The van der Waals surface area contributed by atoms with Crippen LogP contribution in [0.15, 0.2) is 30.3 Å². The van der Waals surface area contributed by atoms with Crippen molar-refractivity contribution >= 4 is 0 Å². The van der Waals surface area contributed by atoms with Gasteiger partial charge in [-0.1, -0.05) is 38.1 Å². The summed E-state index contributed by atoms with van der Waals surface area (Å²) in [4.78, 5) is 0. The van der Waals surface area contributed by atoms with Crippen molar-refractivity contribution in [2.75, 3.05) is 0 Å². The summed E-state index contributed by atoms with van der Waals surface area (Å²) in [5.74, 6) is 0. The van der Waals surface area contributed by atoms with Crippen LogP contribution in [0, 0.1) is 0 Å². The third-order valence-corrected chi connectivity index (χ3v) is 3.87. The molecule has 1 atom stereocenters. The van der Waals surface area contributed by atoms with Gasteiger partial charge in [-0.2, -0.15) is 5.10 Å². The first-order valence-corrected chi connectivity index (χ1v) is 7.48. The van der Waals surface area contributed by atoms with Crippen LogP contribution in [-0.2, 0) is 26.4 Å². The molecule has 108 valence electrons. The second-order valence-corrected chi connectivity index (χ2v) is 5.30. The first kappa shape index (κ1) is 14.8. The van der Waals surface area contributed by atoms with Crippen molar-refractivity contribution in [3.8, 4) is 0 Å². The summed E-state index contributed by atoms with van der Waals surface area (Å²) in [6.07, 6.45) is 2.08. The molecule has 0 bridgehead atoms. The number of aryl methyl sites for hydroxylation is 3. The van der Waals surface area contributed by atoms with Crippen molar-refractivity contribution in [3.63, 3.8) is 0 Å². The van der Waals surface area contributed by atoms with Gasteiger partial charge < -0.3 is 5.32 Å². The molecule has 0 spiro atoms. The Morgan fingerprint density at radius 2 is 1.85 bits per heavy atom. The summed E-state index contributed by atoms with van der Waals surface area (Å²) in [6.45, 7) is 7.38. The van der Waals surface area contributed by atoms with E-state index in [-0.39, 0.29) is 0 Å². The Hall–Kier alpha value is -1.61. The number of nitrogens with zero attached hydrogens (tertiary/aromatic N) is 2. The molecule has 1 aromatic carbocycles. The summed E-state index contributed by atoms with van der Waals surface area (Å²) < 4.78 is 1.97. The molecule has 1 heterocycles. The van der Waals surface area contributed by atoms with Crippen LogP contribution in [0.25, 0.3) is 0 Å². The van der Waals surface area contributed by atoms with Gasteiger partial charge >= 0.3 is 0 Å². The SMILES string of the molecule is CCc1ccc(C(C)NCc2cc(CC)nn2C)cc1. The van der Waals surface area contributed by atoms with Gasteiger partial charge in [0.05, 0.1) is 11.4 Å². The van der Waals surface area contributed by atoms with E-state index in [1.807, 2.05) is 11.7 Å². The van der Waals surface area contributed by atoms with Crippen molar-refractivity contribution in [3.05, 3.63) is 52.8 Å². The van der Waals surface area contributed by atoms with Gasteiger partial charge in [-0.15, -0.1) is 0 Å². The Morgan fingerprint density at radius 3 is 2.40 bits per heavy atom. The highest BCUT2D eigenvalue weighted by Crippen LogP contribution is 2.15. The lowest BCUT2D eigenvalue weighted by Crippen LogP contribution is -2.19. The molecule has 3 nitrogen and oxygen atoms in total. The Bertz CT molecular complexity index is 540. The number of benzene rings is 1. The maximum Gasteiger partial charge on any atom is 0.0625 e. The van der Waals surface area contributed by atoms with Crippen molar-refractivity contribution in [2.24, 2.45) is 7.05 Å². The molecule has 0 saturated heterocycles. The van der Waals surface area contributed by atoms with E-state index in [1.165, 1.54) is 16.8 Å². The Kier molecular flexibility index (Phi) is 4.96. The van der Waals surface area contributed by atoms with Crippen LogP contribution in [0.4, 0.5) is 0 Å². The van der Waals surface area contributed by atoms with E-state index in [4.69, 9.17) is 0 Å². The van der Waals surface area contributed by atoms with Gasteiger partial charge in [0.2, 0.25) is 0 Å². The van der Waals surface area contributed by atoms with Crippen molar-refractivity contribution < 1.29 is 0 Å². The molecule has 0 fully saturated rings. The van der Waals surface area contributed by atoms with Gasteiger partial charge in [-0.05, 0) is 37.0 Å². The molecule has 1 aromatic heterocycles. The molecule has 0 aliphatic carbocycles. The van der Waals surface area contributed by atoms with Crippen LogP contribution in [0.5, 0.6) is 0 Å². The van der Waals surface area contributed by atoms with Crippen molar-refractivity contribution in [1.82, 2.24) is 15.1 Å². The van der Waals surface area contributed by atoms with Gasteiger partial charge in [-0.3, -0.25) is 4.68 Å². The molecule has 20 heavy (non-hydrogen) atoms. The Labute approximate surface area is 122 Å². The maximum atomic E-state index is 4.48. The van der Waals surface area contributed by atoms with Crippen LogP contribution in [-0.4, -0.2) is 9.78 Å². The summed E-state index contributed by atoms with van der Waals surface area (Å²) in [5, 5.41) is 8.05. The second-order valence-electron chi connectivity index (χ2n) is 5.30. The zero-order valence-corrected chi connectivity index (χ0v) is 13.0. The lowest BCUT2D eigenvalue weighted by Gasteiger charge is -2.14. The van der Waals surface area contributed by atoms with E-state index in [2.05, 4.69) is 61.5 Å². The monoisotopic (exact) mass is 271 g/mol. The largest absolute Gasteiger partial charge is 0.305 e. The molecule has 2 rings (SSSR count). The lowest BCUT2D eigenvalue weighted by molar-refractivity contribution is 0.547. The smallest absolute Gasteiger partial charge is 0.0625 e. The normalized spacial score (nSPS) is 12.6. The van der Waals surface area contributed by atoms with Gasteiger partial charge in [0.1, 0.15) is 0 Å². The standard InChI is InChI=1S/C17H25N3/c1-5-14-7-9-15(10-8-14)13(3)18-12-17-11-16(6-2)19-20(17)4/h7-11,13,18H,5-6,12H2,1-4H3. The molecule has 1 unspecified atom stereocenters. The molecule has 0 aliphatic heterocycles. The summed E-state index contributed by atoms with van der Waals surface area (Å²) in [5.41, 5.74) is 5.11. The van der Waals surface area contributed by atoms with Crippen molar-refractivity contribution in [1.29, 1.82) is 0 Å². The number of hydrogen-bond acceptors (Lipinski definition) is 2. The fourth-order valence-electron chi connectivity index (χ4n) is 2.33. The quantitative estimate of drug-likeness (QED) is 0.872. The second kappa shape index (κ2) is 6.71. The minimum Gasteiger partial charge on any atom is -0.305 e. The molecule has 0 saturated carbocycles. The summed E-state index contributed by atoms with van der Waals surface area (Å²) >= 11 is 0. The molecule has 0 amide bonds. The minimum atomic E-state index is 0.348. The molecule has 1 N–H and O–H groups in total. The first-order chi connectivity index (χ1) is 9.63. The predicted octanol–water partition coefficient (Wildman–Crippen LogP) is 3.40. The van der Waals surface area contributed by atoms with E-state index in [1.54, 1.807) is 0 Å². The molecule has 3 heteroatoms. The maximum absolute atomic E-state index is 4.48. The van der Waals surface area contributed by atoms with E-state index in [9.17, 15) is 0 Å². The zero-order chi connectivity index (χ0) is 14.5. The van der Waals surface area contributed by atoms with Gasteiger partial charge in [0.25, 0.3) is 0 Å².